The van der Waals surface area contributed by atoms with Gasteiger partial charge in [-0.25, -0.2) is 0 Å². The summed E-state index contributed by atoms with van der Waals surface area (Å²) in [4.78, 5) is 37.7. The number of hydrogen-bond acceptors (Lipinski definition) is 6. The zero-order chi connectivity index (χ0) is 44.4. The van der Waals surface area contributed by atoms with Gasteiger partial charge < -0.3 is 14.2 Å². The summed E-state index contributed by atoms with van der Waals surface area (Å²) in [7, 11) is 0. The maximum atomic E-state index is 12.8. The fourth-order valence-corrected chi connectivity index (χ4v) is 8.45. The van der Waals surface area contributed by atoms with Crippen molar-refractivity contribution in [3.8, 4) is 0 Å². The minimum Gasteiger partial charge on any atom is -0.462 e. The number of hydrogen-bond donors (Lipinski definition) is 0. The molecule has 0 heterocycles. The largest absolute Gasteiger partial charge is 0.462 e. The molecule has 0 aliphatic heterocycles. The smallest absolute Gasteiger partial charge is 0.306 e. The van der Waals surface area contributed by atoms with Gasteiger partial charge in [0.15, 0.2) is 6.10 Å². The fraction of sp³-hybridized carbons (Fsp3) is 0.945. The number of rotatable bonds is 51. The SMILES string of the molecule is CCCCCCCCCCCCCCCCCCCCCC(=O)OCC(COC(=O)CCCCCCC)OC(=O)CCCCCCCCCCCCCCCCCCCCC. The molecule has 0 saturated carbocycles. The molecule has 0 aliphatic carbocycles. The average Bonchev–Trinajstić information content (AvgIpc) is 3.26. The van der Waals surface area contributed by atoms with Crippen molar-refractivity contribution in [1.82, 2.24) is 0 Å². The van der Waals surface area contributed by atoms with E-state index in [4.69, 9.17) is 14.2 Å². The molecular weight excluding hydrogens is 757 g/mol. The van der Waals surface area contributed by atoms with E-state index < -0.39 is 6.10 Å². The van der Waals surface area contributed by atoms with Crippen molar-refractivity contribution in [3.63, 3.8) is 0 Å². The van der Waals surface area contributed by atoms with Crippen molar-refractivity contribution in [2.24, 2.45) is 0 Å². The lowest BCUT2D eigenvalue weighted by Crippen LogP contribution is -2.30. The molecule has 362 valence electrons. The van der Waals surface area contributed by atoms with E-state index in [1.54, 1.807) is 0 Å². The summed E-state index contributed by atoms with van der Waals surface area (Å²) >= 11 is 0. The van der Waals surface area contributed by atoms with Gasteiger partial charge in [-0.05, 0) is 19.3 Å². The summed E-state index contributed by atoms with van der Waals surface area (Å²) in [5.74, 6) is -0.853. The van der Waals surface area contributed by atoms with Gasteiger partial charge in [-0.2, -0.15) is 0 Å². The molecule has 0 radical (unpaired) electrons. The molecule has 0 fully saturated rings. The Labute approximate surface area is 380 Å². The van der Waals surface area contributed by atoms with Gasteiger partial charge in [0.2, 0.25) is 0 Å². The van der Waals surface area contributed by atoms with Crippen LogP contribution in [0.15, 0.2) is 0 Å². The Morgan fingerprint density at radius 2 is 0.443 bits per heavy atom. The first kappa shape index (κ1) is 59.4. The Bertz CT molecular complexity index is 905. The van der Waals surface area contributed by atoms with Crippen molar-refractivity contribution < 1.29 is 28.6 Å². The monoisotopic (exact) mass is 863 g/mol. The van der Waals surface area contributed by atoms with E-state index in [0.29, 0.717) is 19.3 Å². The Morgan fingerprint density at radius 3 is 0.656 bits per heavy atom. The van der Waals surface area contributed by atoms with Crippen molar-refractivity contribution in [3.05, 3.63) is 0 Å². The number of unbranched alkanes of at least 4 members (excludes halogenated alkanes) is 40. The van der Waals surface area contributed by atoms with Crippen LogP contribution in [0.2, 0.25) is 0 Å². The molecule has 6 heteroatoms. The second kappa shape index (κ2) is 51.0. The van der Waals surface area contributed by atoms with Crippen LogP contribution in [-0.2, 0) is 28.6 Å². The van der Waals surface area contributed by atoms with Gasteiger partial charge in [0.25, 0.3) is 0 Å². The van der Waals surface area contributed by atoms with Crippen molar-refractivity contribution in [1.29, 1.82) is 0 Å². The van der Waals surface area contributed by atoms with Crippen LogP contribution in [0.3, 0.4) is 0 Å². The molecule has 6 nitrogen and oxygen atoms in total. The molecule has 1 unspecified atom stereocenters. The zero-order valence-electron chi connectivity index (χ0n) is 41.5. The highest BCUT2D eigenvalue weighted by atomic mass is 16.6. The van der Waals surface area contributed by atoms with E-state index in [0.717, 1.165) is 64.2 Å². The van der Waals surface area contributed by atoms with Crippen LogP contribution in [0.1, 0.15) is 316 Å². The third-order valence-electron chi connectivity index (χ3n) is 12.6. The third kappa shape index (κ3) is 49.3. The molecule has 0 spiro atoms. The summed E-state index contributed by atoms with van der Waals surface area (Å²) in [6.07, 6.45) is 55.6. The van der Waals surface area contributed by atoms with E-state index in [9.17, 15) is 14.4 Å². The maximum absolute atomic E-state index is 12.8. The average molecular weight is 863 g/mol. The van der Waals surface area contributed by atoms with E-state index >= 15 is 0 Å². The normalized spacial score (nSPS) is 11.9. The van der Waals surface area contributed by atoms with E-state index in [-0.39, 0.29) is 31.1 Å². The topological polar surface area (TPSA) is 78.9 Å². The second-order valence-electron chi connectivity index (χ2n) is 18.9. The molecule has 0 amide bonds. The lowest BCUT2D eigenvalue weighted by molar-refractivity contribution is -0.167. The first-order valence-corrected chi connectivity index (χ1v) is 27.5. The minimum absolute atomic E-state index is 0.0628. The van der Waals surface area contributed by atoms with E-state index in [1.165, 1.54) is 212 Å². The van der Waals surface area contributed by atoms with Gasteiger partial charge in [-0.15, -0.1) is 0 Å². The van der Waals surface area contributed by atoms with Crippen molar-refractivity contribution in [2.75, 3.05) is 13.2 Å². The highest BCUT2D eigenvalue weighted by Gasteiger charge is 2.19. The van der Waals surface area contributed by atoms with Gasteiger partial charge in [0.05, 0.1) is 0 Å². The number of ether oxygens (including phenoxy) is 3. The van der Waals surface area contributed by atoms with Crippen LogP contribution in [0.5, 0.6) is 0 Å². The summed E-state index contributed by atoms with van der Waals surface area (Å²) in [5, 5.41) is 0. The molecule has 0 rings (SSSR count). The molecule has 0 aromatic rings. The molecule has 0 saturated heterocycles. The van der Waals surface area contributed by atoms with Crippen molar-refractivity contribution in [2.45, 2.75) is 322 Å². The van der Waals surface area contributed by atoms with Gasteiger partial charge in [0, 0.05) is 19.3 Å². The van der Waals surface area contributed by atoms with E-state index in [2.05, 4.69) is 20.8 Å². The summed E-state index contributed by atoms with van der Waals surface area (Å²) in [5.41, 5.74) is 0. The fourth-order valence-electron chi connectivity index (χ4n) is 8.45. The minimum atomic E-state index is -0.758. The van der Waals surface area contributed by atoms with Crippen LogP contribution in [0.4, 0.5) is 0 Å². The first-order valence-electron chi connectivity index (χ1n) is 27.5. The quantitative estimate of drug-likeness (QED) is 0.0344. The van der Waals surface area contributed by atoms with E-state index in [1.807, 2.05) is 0 Å². The first-order chi connectivity index (χ1) is 30.0. The van der Waals surface area contributed by atoms with Crippen LogP contribution in [-0.4, -0.2) is 37.2 Å². The lowest BCUT2D eigenvalue weighted by atomic mass is 10.0. The Kier molecular flexibility index (Phi) is 49.7. The second-order valence-corrected chi connectivity index (χ2v) is 18.9. The highest BCUT2D eigenvalue weighted by molar-refractivity contribution is 5.71. The molecule has 0 aromatic carbocycles. The van der Waals surface area contributed by atoms with Gasteiger partial charge in [0.1, 0.15) is 13.2 Å². The molecule has 0 aliphatic rings. The predicted molar refractivity (Wildman–Crippen MR) is 261 cm³/mol. The molecule has 61 heavy (non-hydrogen) atoms. The number of carbonyl (C=O) groups is 3. The number of esters is 3. The van der Waals surface area contributed by atoms with Crippen LogP contribution in [0, 0.1) is 0 Å². The molecule has 0 N–H and O–H groups in total. The summed E-state index contributed by atoms with van der Waals surface area (Å²) < 4.78 is 16.7. The van der Waals surface area contributed by atoms with Gasteiger partial charge in [-0.1, -0.05) is 278 Å². The van der Waals surface area contributed by atoms with Gasteiger partial charge >= 0.3 is 17.9 Å². The number of carbonyl (C=O) groups excluding carboxylic acids is 3. The standard InChI is InChI=1S/C55H106O6/c1-4-7-10-13-15-17-19-21-23-25-27-29-31-33-35-37-39-42-45-48-54(57)60-51-52(50-59-53(56)47-44-41-12-9-6-3)61-55(58)49-46-43-40-38-36-34-32-30-28-26-24-22-20-18-16-14-11-8-5-2/h52H,4-51H2,1-3H3. The zero-order valence-corrected chi connectivity index (χ0v) is 41.5. The van der Waals surface area contributed by atoms with Crippen LogP contribution in [0.25, 0.3) is 0 Å². The summed E-state index contributed by atoms with van der Waals surface area (Å²) in [6.45, 7) is 6.62. The molecule has 1 atom stereocenters. The van der Waals surface area contributed by atoms with Gasteiger partial charge in [-0.3, -0.25) is 14.4 Å². The van der Waals surface area contributed by atoms with Crippen molar-refractivity contribution >= 4 is 17.9 Å². The van der Waals surface area contributed by atoms with Crippen LogP contribution >= 0.6 is 0 Å². The lowest BCUT2D eigenvalue weighted by Gasteiger charge is -2.18. The molecule has 0 aromatic heterocycles. The maximum Gasteiger partial charge on any atom is 0.306 e. The molecule has 0 bridgehead atoms. The Balaban J connectivity index is 4.05. The molecular formula is C55H106O6. The Hall–Kier alpha value is -1.59. The van der Waals surface area contributed by atoms with Crippen LogP contribution < -0.4 is 0 Å². The highest BCUT2D eigenvalue weighted by Crippen LogP contribution is 2.17. The Morgan fingerprint density at radius 1 is 0.262 bits per heavy atom. The summed E-state index contributed by atoms with van der Waals surface area (Å²) in [6, 6.07) is 0. The third-order valence-corrected chi connectivity index (χ3v) is 12.6. The predicted octanol–water partition coefficient (Wildman–Crippen LogP) is 18.0.